The summed E-state index contributed by atoms with van der Waals surface area (Å²) < 4.78 is 5.16. The summed E-state index contributed by atoms with van der Waals surface area (Å²) in [6.07, 6.45) is 3.12. The van der Waals surface area contributed by atoms with Gasteiger partial charge in [0.05, 0.1) is 18.4 Å². The van der Waals surface area contributed by atoms with Crippen molar-refractivity contribution in [2.45, 2.75) is 6.92 Å². The Labute approximate surface area is 169 Å². The Morgan fingerprint density at radius 3 is 2.48 bits per heavy atom. The maximum Gasteiger partial charge on any atom is 0.257 e. The zero-order valence-corrected chi connectivity index (χ0v) is 16.4. The number of rotatable bonds is 4. The lowest BCUT2D eigenvalue weighted by Crippen LogP contribution is -2.49. The molecular formula is C21H22N6O2. The summed E-state index contributed by atoms with van der Waals surface area (Å²) in [6, 6.07) is 11.6. The number of hydrogen-bond acceptors (Lipinski definition) is 7. The lowest BCUT2D eigenvalue weighted by atomic mass is 10.1. The molecule has 3 heterocycles. The van der Waals surface area contributed by atoms with Crippen LogP contribution in [0.3, 0.4) is 0 Å². The second kappa shape index (κ2) is 8.22. The fraction of sp³-hybridized carbons (Fsp3) is 0.286. The molecule has 1 saturated heterocycles. The number of benzene rings is 1. The van der Waals surface area contributed by atoms with Crippen molar-refractivity contribution in [3.05, 3.63) is 60.2 Å². The molecule has 4 rings (SSSR count). The molecule has 1 fully saturated rings. The van der Waals surface area contributed by atoms with E-state index in [1.165, 1.54) is 6.33 Å². The summed E-state index contributed by atoms with van der Waals surface area (Å²) in [5, 5.41) is 0. The van der Waals surface area contributed by atoms with E-state index in [9.17, 15) is 4.79 Å². The van der Waals surface area contributed by atoms with Crippen molar-refractivity contribution < 1.29 is 9.53 Å². The summed E-state index contributed by atoms with van der Waals surface area (Å²) in [5.41, 5.74) is 2.16. The first-order valence-electron chi connectivity index (χ1n) is 9.45. The first-order chi connectivity index (χ1) is 14.2. The van der Waals surface area contributed by atoms with Crippen LogP contribution in [0.4, 0.5) is 5.82 Å². The number of carbonyl (C=O) groups excluding carboxylic acids is 1. The smallest absolute Gasteiger partial charge is 0.257 e. The molecule has 2 aromatic heterocycles. The Bertz CT molecular complexity index is 1000. The number of piperazine rings is 1. The summed E-state index contributed by atoms with van der Waals surface area (Å²) >= 11 is 0. The van der Waals surface area contributed by atoms with Crippen LogP contribution in [-0.4, -0.2) is 64.0 Å². The van der Waals surface area contributed by atoms with Crippen molar-refractivity contribution in [2.24, 2.45) is 0 Å². The Balaban J connectivity index is 1.44. The van der Waals surface area contributed by atoms with E-state index in [1.54, 1.807) is 19.4 Å². The molecule has 148 valence electrons. The minimum Gasteiger partial charge on any atom is -0.481 e. The van der Waals surface area contributed by atoms with E-state index < -0.39 is 0 Å². The van der Waals surface area contributed by atoms with Gasteiger partial charge in [0, 0.05) is 44.0 Å². The zero-order chi connectivity index (χ0) is 20.2. The molecule has 0 radical (unpaired) electrons. The first-order valence-corrected chi connectivity index (χ1v) is 9.45. The summed E-state index contributed by atoms with van der Waals surface area (Å²) in [4.78, 5) is 34.2. The normalized spacial score (nSPS) is 14.0. The lowest BCUT2D eigenvalue weighted by molar-refractivity contribution is 0.0745. The SMILES string of the molecule is COc1cc(N2CCN(C(=O)c3cnc(-c4ccccc4)nc3C)CC2)ncn1. The maximum absolute atomic E-state index is 13.0. The predicted octanol–water partition coefficient (Wildman–Crippen LogP) is 2.21. The number of aryl methyl sites for hydroxylation is 1. The maximum atomic E-state index is 13.0. The first kappa shape index (κ1) is 18.8. The molecule has 0 N–H and O–H groups in total. The minimum atomic E-state index is -0.0398. The molecular weight excluding hydrogens is 368 g/mol. The summed E-state index contributed by atoms with van der Waals surface area (Å²) in [5.74, 6) is 1.92. The number of carbonyl (C=O) groups is 1. The molecule has 29 heavy (non-hydrogen) atoms. The molecule has 0 unspecified atom stereocenters. The molecule has 1 amide bonds. The van der Waals surface area contributed by atoms with Crippen LogP contribution in [0, 0.1) is 6.92 Å². The highest BCUT2D eigenvalue weighted by molar-refractivity contribution is 5.95. The fourth-order valence-corrected chi connectivity index (χ4v) is 3.33. The molecule has 0 aliphatic carbocycles. The summed E-state index contributed by atoms with van der Waals surface area (Å²) in [7, 11) is 1.58. The van der Waals surface area contributed by atoms with Crippen LogP contribution in [0.5, 0.6) is 5.88 Å². The van der Waals surface area contributed by atoms with Crippen molar-refractivity contribution in [3.63, 3.8) is 0 Å². The minimum absolute atomic E-state index is 0.0398. The third kappa shape index (κ3) is 4.01. The van der Waals surface area contributed by atoms with E-state index in [4.69, 9.17) is 4.74 Å². The van der Waals surface area contributed by atoms with Gasteiger partial charge in [0.25, 0.3) is 5.91 Å². The quantitative estimate of drug-likeness (QED) is 0.675. The third-order valence-electron chi connectivity index (χ3n) is 4.97. The highest BCUT2D eigenvalue weighted by atomic mass is 16.5. The average Bonchev–Trinajstić information content (AvgIpc) is 2.79. The number of anilines is 1. The van der Waals surface area contributed by atoms with Gasteiger partial charge in [-0.3, -0.25) is 4.79 Å². The Kier molecular flexibility index (Phi) is 5.33. The van der Waals surface area contributed by atoms with Gasteiger partial charge in [-0.25, -0.2) is 19.9 Å². The standard InChI is InChI=1S/C21H22N6O2/c1-15-17(13-22-20(25-15)16-6-4-3-5-7-16)21(28)27-10-8-26(9-11-27)18-12-19(29-2)24-14-23-18/h3-7,12-14H,8-11H2,1-2H3. The fourth-order valence-electron chi connectivity index (χ4n) is 3.33. The third-order valence-corrected chi connectivity index (χ3v) is 4.97. The van der Waals surface area contributed by atoms with Crippen LogP contribution >= 0.6 is 0 Å². The van der Waals surface area contributed by atoms with E-state index in [1.807, 2.05) is 42.2 Å². The van der Waals surface area contributed by atoms with Crippen molar-refractivity contribution in [3.8, 4) is 17.3 Å². The number of hydrogen-bond donors (Lipinski definition) is 0. The van der Waals surface area contributed by atoms with Gasteiger partial charge < -0.3 is 14.5 Å². The number of ether oxygens (including phenoxy) is 1. The van der Waals surface area contributed by atoms with Crippen LogP contribution < -0.4 is 9.64 Å². The molecule has 0 atom stereocenters. The molecule has 0 saturated carbocycles. The topological polar surface area (TPSA) is 84.3 Å². The van der Waals surface area contributed by atoms with Gasteiger partial charge in [0.15, 0.2) is 5.82 Å². The highest BCUT2D eigenvalue weighted by Gasteiger charge is 2.25. The van der Waals surface area contributed by atoms with E-state index in [0.717, 1.165) is 11.4 Å². The van der Waals surface area contributed by atoms with E-state index in [-0.39, 0.29) is 5.91 Å². The average molecular weight is 390 g/mol. The lowest BCUT2D eigenvalue weighted by Gasteiger charge is -2.35. The molecule has 8 nitrogen and oxygen atoms in total. The molecule has 8 heteroatoms. The Morgan fingerprint density at radius 2 is 1.79 bits per heavy atom. The van der Waals surface area contributed by atoms with Gasteiger partial charge in [0.2, 0.25) is 5.88 Å². The Morgan fingerprint density at radius 1 is 1.03 bits per heavy atom. The molecule has 0 bridgehead atoms. The molecule has 1 aliphatic rings. The highest BCUT2D eigenvalue weighted by Crippen LogP contribution is 2.20. The Hall–Kier alpha value is -3.55. The van der Waals surface area contributed by atoms with Gasteiger partial charge in [-0.1, -0.05) is 30.3 Å². The second-order valence-electron chi connectivity index (χ2n) is 6.76. The number of methoxy groups -OCH3 is 1. The van der Waals surface area contributed by atoms with Crippen LogP contribution in [0.1, 0.15) is 16.1 Å². The van der Waals surface area contributed by atoms with E-state index in [2.05, 4.69) is 24.8 Å². The monoisotopic (exact) mass is 390 g/mol. The van der Waals surface area contributed by atoms with Crippen molar-refractivity contribution >= 4 is 11.7 Å². The second-order valence-corrected chi connectivity index (χ2v) is 6.76. The number of nitrogens with zero attached hydrogens (tertiary/aromatic N) is 6. The van der Waals surface area contributed by atoms with Gasteiger partial charge in [-0.2, -0.15) is 0 Å². The van der Waals surface area contributed by atoms with Crippen molar-refractivity contribution in [2.75, 3.05) is 38.2 Å². The largest absolute Gasteiger partial charge is 0.481 e. The van der Waals surface area contributed by atoms with Gasteiger partial charge in [-0.15, -0.1) is 0 Å². The number of amides is 1. The van der Waals surface area contributed by atoms with Crippen LogP contribution in [0.25, 0.3) is 11.4 Å². The zero-order valence-electron chi connectivity index (χ0n) is 16.4. The van der Waals surface area contributed by atoms with Crippen molar-refractivity contribution in [1.29, 1.82) is 0 Å². The van der Waals surface area contributed by atoms with Gasteiger partial charge in [-0.05, 0) is 6.92 Å². The molecule has 3 aromatic rings. The molecule has 1 aliphatic heterocycles. The van der Waals surface area contributed by atoms with E-state index >= 15 is 0 Å². The molecule has 0 spiro atoms. The molecule has 1 aromatic carbocycles. The number of aromatic nitrogens is 4. The van der Waals surface area contributed by atoms with Gasteiger partial charge in [0.1, 0.15) is 12.1 Å². The summed E-state index contributed by atoms with van der Waals surface area (Å²) in [6.45, 7) is 4.43. The predicted molar refractivity (Wildman–Crippen MR) is 109 cm³/mol. The van der Waals surface area contributed by atoms with Crippen molar-refractivity contribution in [1.82, 2.24) is 24.8 Å². The van der Waals surface area contributed by atoms with Crippen LogP contribution in [0.15, 0.2) is 48.9 Å². The van der Waals surface area contributed by atoms with Gasteiger partial charge >= 0.3 is 0 Å². The van der Waals surface area contributed by atoms with E-state index in [0.29, 0.717) is 49.1 Å². The van der Waals surface area contributed by atoms with Crippen LogP contribution in [0.2, 0.25) is 0 Å². The van der Waals surface area contributed by atoms with Crippen LogP contribution in [-0.2, 0) is 0 Å².